The molecule has 2 nitrogen and oxygen atoms in total. The van der Waals surface area contributed by atoms with E-state index in [4.69, 9.17) is 0 Å². The van der Waals surface area contributed by atoms with Crippen molar-refractivity contribution in [3.8, 4) is 0 Å². The van der Waals surface area contributed by atoms with Crippen LogP contribution in [0.5, 0.6) is 0 Å². The Balaban J connectivity index is 2.04. The van der Waals surface area contributed by atoms with E-state index in [-0.39, 0.29) is 5.60 Å². The van der Waals surface area contributed by atoms with E-state index in [0.717, 1.165) is 25.9 Å². The number of nitrogens with one attached hydrogen (secondary N) is 1. The van der Waals surface area contributed by atoms with E-state index in [9.17, 15) is 5.11 Å². The lowest BCUT2D eigenvalue weighted by atomic mass is 10.1. The third-order valence-corrected chi connectivity index (χ3v) is 2.33. The second-order valence-corrected chi connectivity index (χ2v) is 2.96. The first-order valence-corrected chi connectivity index (χ1v) is 3.24. The summed E-state index contributed by atoms with van der Waals surface area (Å²) in [5, 5.41) is 12.6. The molecule has 2 rings (SSSR count). The summed E-state index contributed by atoms with van der Waals surface area (Å²) in [5.74, 6) is 0.594. The van der Waals surface area contributed by atoms with Gasteiger partial charge in [-0.15, -0.1) is 0 Å². The van der Waals surface area contributed by atoms with Crippen molar-refractivity contribution in [1.82, 2.24) is 5.32 Å². The number of aliphatic hydroxyl groups is 1. The molecule has 2 fully saturated rings. The van der Waals surface area contributed by atoms with Crippen molar-refractivity contribution in [3.05, 3.63) is 0 Å². The van der Waals surface area contributed by atoms with Gasteiger partial charge in [0.05, 0.1) is 5.60 Å². The van der Waals surface area contributed by atoms with E-state index >= 15 is 0 Å². The Morgan fingerprint density at radius 2 is 2.50 bits per heavy atom. The highest BCUT2D eigenvalue weighted by molar-refractivity contribution is 5.06. The summed E-state index contributed by atoms with van der Waals surface area (Å²) in [6.45, 7) is 2.05. The molecule has 1 saturated carbocycles. The van der Waals surface area contributed by atoms with Crippen molar-refractivity contribution < 1.29 is 5.11 Å². The van der Waals surface area contributed by atoms with Crippen molar-refractivity contribution in [2.45, 2.75) is 18.4 Å². The van der Waals surface area contributed by atoms with Gasteiger partial charge in [0.2, 0.25) is 0 Å². The smallest absolute Gasteiger partial charge is 0.0705 e. The van der Waals surface area contributed by atoms with Gasteiger partial charge in [0.25, 0.3) is 0 Å². The summed E-state index contributed by atoms with van der Waals surface area (Å²) in [4.78, 5) is 0. The van der Waals surface area contributed by atoms with Crippen LogP contribution in [-0.4, -0.2) is 23.8 Å². The molecule has 2 atom stereocenters. The van der Waals surface area contributed by atoms with Gasteiger partial charge < -0.3 is 10.4 Å². The van der Waals surface area contributed by atoms with Crippen LogP contribution in [0.25, 0.3) is 0 Å². The van der Waals surface area contributed by atoms with Crippen molar-refractivity contribution in [2.24, 2.45) is 5.92 Å². The molecule has 0 aromatic carbocycles. The minimum absolute atomic E-state index is 0.217. The molecule has 2 heteroatoms. The van der Waals surface area contributed by atoms with Crippen LogP contribution in [0.3, 0.4) is 0 Å². The van der Waals surface area contributed by atoms with Crippen molar-refractivity contribution in [3.63, 3.8) is 0 Å². The fourth-order valence-electron chi connectivity index (χ4n) is 1.52. The lowest BCUT2D eigenvalue weighted by Gasteiger charge is -2.16. The Morgan fingerprint density at radius 3 is 3.00 bits per heavy atom. The van der Waals surface area contributed by atoms with E-state index in [1.807, 2.05) is 0 Å². The first kappa shape index (κ1) is 4.77. The van der Waals surface area contributed by atoms with Gasteiger partial charge in [-0.3, -0.25) is 0 Å². The first-order valence-electron chi connectivity index (χ1n) is 3.24. The van der Waals surface area contributed by atoms with E-state index in [1.54, 1.807) is 0 Å². The number of hydrogen-bond acceptors (Lipinski definition) is 2. The monoisotopic (exact) mass is 113 g/mol. The Kier molecular flexibility index (Phi) is 0.746. The molecule has 0 radical (unpaired) electrons. The molecule has 0 unspecified atom stereocenters. The molecule has 2 N–H and O–H groups in total. The van der Waals surface area contributed by atoms with Crippen LogP contribution >= 0.6 is 0 Å². The Labute approximate surface area is 48.9 Å². The summed E-state index contributed by atoms with van der Waals surface area (Å²) in [6, 6.07) is 0. The maximum atomic E-state index is 9.41. The molecule has 46 valence electrons. The van der Waals surface area contributed by atoms with Crippen LogP contribution in [0.1, 0.15) is 12.8 Å². The van der Waals surface area contributed by atoms with Gasteiger partial charge in [0.1, 0.15) is 0 Å². The lowest BCUT2D eigenvalue weighted by Crippen LogP contribution is -2.32. The first-order chi connectivity index (χ1) is 3.81. The minimum atomic E-state index is -0.217. The normalized spacial score (nSPS) is 52.9. The molecule has 1 aliphatic heterocycles. The molecular weight excluding hydrogens is 102 g/mol. The van der Waals surface area contributed by atoms with E-state index in [1.165, 1.54) is 0 Å². The topological polar surface area (TPSA) is 32.3 Å². The van der Waals surface area contributed by atoms with E-state index < -0.39 is 0 Å². The highest BCUT2D eigenvalue weighted by Crippen LogP contribution is 2.46. The summed E-state index contributed by atoms with van der Waals surface area (Å²) in [5.41, 5.74) is -0.217. The predicted octanol–water partition coefficient (Wildman–Crippen LogP) is -0.269. The van der Waals surface area contributed by atoms with Crippen molar-refractivity contribution >= 4 is 0 Å². The Bertz CT molecular complexity index is 113. The quantitative estimate of drug-likeness (QED) is 0.453. The third-order valence-electron chi connectivity index (χ3n) is 2.33. The number of fused-ring (bicyclic) bond motifs is 1. The van der Waals surface area contributed by atoms with E-state index in [2.05, 4.69) is 5.32 Å². The largest absolute Gasteiger partial charge is 0.389 e. The maximum absolute atomic E-state index is 9.41. The minimum Gasteiger partial charge on any atom is -0.389 e. The van der Waals surface area contributed by atoms with Gasteiger partial charge >= 0.3 is 0 Å². The molecule has 1 saturated heterocycles. The highest BCUT2D eigenvalue weighted by atomic mass is 16.3. The molecule has 1 aliphatic carbocycles. The molecule has 0 bridgehead atoms. The molecule has 8 heavy (non-hydrogen) atoms. The van der Waals surface area contributed by atoms with Crippen LogP contribution in [0.15, 0.2) is 0 Å². The number of piperidine rings is 1. The van der Waals surface area contributed by atoms with Gasteiger partial charge in [-0.1, -0.05) is 0 Å². The average Bonchev–Trinajstić information content (AvgIpc) is 2.39. The van der Waals surface area contributed by atoms with Crippen molar-refractivity contribution in [2.75, 3.05) is 13.1 Å². The fraction of sp³-hybridized carbons (Fsp3) is 1.00. The summed E-state index contributed by atoms with van der Waals surface area (Å²) < 4.78 is 0. The van der Waals surface area contributed by atoms with Crippen LogP contribution in [-0.2, 0) is 0 Å². The highest BCUT2D eigenvalue weighted by Gasteiger charge is 2.53. The Morgan fingerprint density at radius 1 is 1.62 bits per heavy atom. The molecule has 1 heterocycles. The molecule has 0 aromatic rings. The zero-order valence-corrected chi connectivity index (χ0v) is 4.85. The van der Waals surface area contributed by atoms with Gasteiger partial charge in [-0.2, -0.15) is 0 Å². The molecule has 0 spiro atoms. The van der Waals surface area contributed by atoms with Crippen LogP contribution < -0.4 is 5.32 Å². The second-order valence-electron chi connectivity index (χ2n) is 2.96. The van der Waals surface area contributed by atoms with E-state index in [0.29, 0.717) is 5.92 Å². The maximum Gasteiger partial charge on any atom is 0.0705 e. The van der Waals surface area contributed by atoms with Gasteiger partial charge in [0.15, 0.2) is 0 Å². The average molecular weight is 113 g/mol. The number of hydrogen-bond donors (Lipinski definition) is 2. The molecular formula is C6H11NO. The van der Waals surface area contributed by atoms with Crippen LogP contribution in [0, 0.1) is 5.92 Å². The summed E-state index contributed by atoms with van der Waals surface area (Å²) in [6.07, 6.45) is 2.01. The van der Waals surface area contributed by atoms with Gasteiger partial charge in [-0.05, 0) is 19.4 Å². The van der Waals surface area contributed by atoms with Gasteiger partial charge in [-0.25, -0.2) is 0 Å². The lowest BCUT2D eigenvalue weighted by molar-refractivity contribution is 0.108. The summed E-state index contributed by atoms with van der Waals surface area (Å²) in [7, 11) is 0. The number of rotatable bonds is 0. The zero-order chi connectivity index (χ0) is 5.61. The molecule has 0 amide bonds. The van der Waals surface area contributed by atoms with Crippen molar-refractivity contribution in [1.29, 1.82) is 0 Å². The predicted molar refractivity (Wildman–Crippen MR) is 30.5 cm³/mol. The molecule has 0 aromatic heterocycles. The summed E-state index contributed by atoms with van der Waals surface area (Å²) >= 11 is 0. The van der Waals surface area contributed by atoms with Crippen LogP contribution in [0.4, 0.5) is 0 Å². The Hall–Kier alpha value is -0.0800. The standard InChI is InChI=1S/C6H11NO/c8-6-1-2-7-4-5(6)3-6/h5,7-8H,1-4H2/t5-,6-/m0/s1. The van der Waals surface area contributed by atoms with Crippen LogP contribution in [0.2, 0.25) is 0 Å². The SMILES string of the molecule is O[C@]12CCNC[C@@H]1C2. The third kappa shape index (κ3) is 0.501. The fourth-order valence-corrected chi connectivity index (χ4v) is 1.52. The second kappa shape index (κ2) is 1.25. The zero-order valence-electron chi connectivity index (χ0n) is 4.85. The molecule has 2 aliphatic rings. The van der Waals surface area contributed by atoms with Gasteiger partial charge in [0, 0.05) is 12.5 Å².